The minimum absolute atomic E-state index is 0.00146. The van der Waals surface area contributed by atoms with Crippen molar-refractivity contribution in [2.45, 2.75) is 12.6 Å². The molecule has 7 heteroatoms. The maximum atomic E-state index is 13.8. The van der Waals surface area contributed by atoms with Crippen molar-refractivity contribution in [3.8, 4) is 0 Å². The lowest BCUT2D eigenvalue weighted by molar-refractivity contribution is 0.0920. The first-order valence-electron chi connectivity index (χ1n) is 8.05. The number of halogens is 2. The van der Waals surface area contributed by atoms with Crippen molar-refractivity contribution >= 4 is 5.91 Å². The molecule has 1 fully saturated rings. The van der Waals surface area contributed by atoms with Gasteiger partial charge in [0, 0.05) is 56.2 Å². The molecule has 1 aromatic heterocycles. The van der Waals surface area contributed by atoms with E-state index in [9.17, 15) is 18.7 Å². The summed E-state index contributed by atoms with van der Waals surface area (Å²) in [5.41, 5.74) is 0.427. The predicted molar refractivity (Wildman–Crippen MR) is 87.7 cm³/mol. The minimum atomic E-state index is -0.594. The van der Waals surface area contributed by atoms with Crippen molar-refractivity contribution in [1.82, 2.24) is 15.2 Å². The molecule has 1 saturated heterocycles. The van der Waals surface area contributed by atoms with E-state index in [1.807, 2.05) is 4.90 Å². The van der Waals surface area contributed by atoms with Gasteiger partial charge in [-0.2, -0.15) is 0 Å². The quantitative estimate of drug-likeness (QED) is 0.862. The monoisotopic (exact) mass is 347 g/mol. The van der Waals surface area contributed by atoms with Crippen molar-refractivity contribution in [3.05, 3.63) is 65.5 Å². The fourth-order valence-electron chi connectivity index (χ4n) is 3.09. The highest BCUT2D eigenvalue weighted by Crippen LogP contribution is 2.22. The molecule has 2 N–H and O–H groups in total. The van der Waals surface area contributed by atoms with Gasteiger partial charge in [0.15, 0.2) is 0 Å². The number of benzene rings is 1. The van der Waals surface area contributed by atoms with Crippen molar-refractivity contribution in [2.24, 2.45) is 5.92 Å². The van der Waals surface area contributed by atoms with Crippen LogP contribution < -0.4 is 5.32 Å². The number of aliphatic hydroxyl groups is 1. The zero-order chi connectivity index (χ0) is 17.8. The zero-order valence-electron chi connectivity index (χ0n) is 13.5. The second-order valence-electron chi connectivity index (χ2n) is 6.16. The fraction of sp³-hybridized carbons (Fsp3) is 0.333. The molecule has 3 rings (SSSR count). The Kier molecular flexibility index (Phi) is 5.35. The first-order chi connectivity index (χ1) is 12.1. The van der Waals surface area contributed by atoms with Crippen molar-refractivity contribution in [2.75, 3.05) is 19.7 Å². The number of nitrogens with one attached hydrogen (secondary N) is 1. The van der Waals surface area contributed by atoms with Crippen LogP contribution in [0.2, 0.25) is 0 Å². The Hall–Kier alpha value is -2.38. The normalized spacial score (nSPS) is 20.6. The van der Waals surface area contributed by atoms with E-state index in [1.165, 1.54) is 24.4 Å². The van der Waals surface area contributed by atoms with Crippen LogP contribution in [-0.4, -0.2) is 46.6 Å². The van der Waals surface area contributed by atoms with Crippen LogP contribution in [0, 0.1) is 17.6 Å². The number of pyridine rings is 1. The summed E-state index contributed by atoms with van der Waals surface area (Å²) < 4.78 is 27.6. The molecule has 0 unspecified atom stereocenters. The summed E-state index contributed by atoms with van der Waals surface area (Å²) in [6, 6.07) is 6.79. The highest BCUT2D eigenvalue weighted by Gasteiger charge is 2.34. The van der Waals surface area contributed by atoms with Crippen LogP contribution in [-0.2, 0) is 6.54 Å². The largest absolute Gasteiger partial charge is 0.396 e. The highest BCUT2D eigenvalue weighted by atomic mass is 19.1. The summed E-state index contributed by atoms with van der Waals surface area (Å²) in [6.45, 7) is 0.829. The molecule has 2 atom stereocenters. The molecule has 1 aliphatic heterocycles. The third-order valence-corrected chi connectivity index (χ3v) is 4.43. The van der Waals surface area contributed by atoms with Crippen LogP contribution in [0.3, 0.4) is 0 Å². The predicted octanol–water partition coefficient (Wildman–Crippen LogP) is 1.58. The molecule has 0 aliphatic carbocycles. The molecule has 132 valence electrons. The third kappa shape index (κ3) is 4.00. The molecule has 1 aliphatic rings. The lowest BCUT2D eigenvalue weighted by Crippen LogP contribution is -2.41. The molecule has 2 heterocycles. The van der Waals surface area contributed by atoms with E-state index in [0.717, 1.165) is 0 Å². The molecule has 0 saturated carbocycles. The second kappa shape index (κ2) is 7.67. The number of aromatic nitrogens is 1. The maximum absolute atomic E-state index is 13.8. The molecule has 25 heavy (non-hydrogen) atoms. The van der Waals surface area contributed by atoms with E-state index >= 15 is 0 Å². The number of aliphatic hydroxyl groups excluding tert-OH is 1. The standard InChI is InChI=1S/C18H19F2N3O2/c19-15-4-1-5-16(20)14(15)9-23-8-13(11-24)17(10-23)22-18(25)12-3-2-6-21-7-12/h1-7,13,17,24H,8-11H2,(H,22,25)/t13-,17+/m0/s1. The molecule has 5 nitrogen and oxygen atoms in total. The van der Waals surface area contributed by atoms with Gasteiger partial charge in [-0.3, -0.25) is 14.7 Å². The molecule has 0 radical (unpaired) electrons. The maximum Gasteiger partial charge on any atom is 0.253 e. The topological polar surface area (TPSA) is 65.5 Å². The summed E-state index contributed by atoms with van der Waals surface area (Å²) in [4.78, 5) is 18.0. The van der Waals surface area contributed by atoms with Crippen LogP contribution in [0.1, 0.15) is 15.9 Å². The van der Waals surface area contributed by atoms with Gasteiger partial charge in [0.25, 0.3) is 5.91 Å². The van der Waals surface area contributed by atoms with Crippen molar-refractivity contribution in [1.29, 1.82) is 0 Å². The van der Waals surface area contributed by atoms with Crippen molar-refractivity contribution in [3.63, 3.8) is 0 Å². The number of hydrogen-bond donors (Lipinski definition) is 2. The molecule has 0 bridgehead atoms. The molecular formula is C18H19F2N3O2. The number of amides is 1. The Balaban J connectivity index is 1.67. The van der Waals surface area contributed by atoms with Gasteiger partial charge in [0.2, 0.25) is 0 Å². The van der Waals surface area contributed by atoms with Crippen LogP contribution in [0.4, 0.5) is 8.78 Å². The van der Waals surface area contributed by atoms with Crippen LogP contribution >= 0.6 is 0 Å². The van der Waals surface area contributed by atoms with Gasteiger partial charge in [-0.15, -0.1) is 0 Å². The van der Waals surface area contributed by atoms with E-state index in [1.54, 1.807) is 18.3 Å². The Morgan fingerprint density at radius 2 is 2.00 bits per heavy atom. The number of carbonyl (C=O) groups excluding carboxylic acids is 1. The van der Waals surface area contributed by atoms with E-state index in [2.05, 4.69) is 10.3 Å². The Morgan fingerprint density at radius 3 is 2.64 bits per heavy atom. The Labute approximate surface area is 144 Å². The van der Waals surface area contributed by atoms with Crippen LogP contribution in [0.5, 0.6) is 0 Å². The molecule has 0 spiro atoms. The van der Waals surface area contributed by atoms with Crippen LogP contribution in [0.15, 0.2) is 42.7 Å². The molecule has 1 aromatic carbocycles. The van der Waals surface area contributed by atoms with Crippen molar-refractivity contribution < 1.29 is 18.7 Å². The van der Waals surface area contributed by atoms with Gasteiger partial charge in [-0.1, -0.05) is 6.07 Å². The summed E-state index contributed by atoms with van der Waals surface area (Å²) in [6.07, 6.45) is 3.04. The first-order valence-corrected chi connectivity index (χ1v) is 8.05. The lowest BCUT2D eigenvalue weighted by atomic mass is 10.0. The Morgan fingerprint density at radius 1 is 1.24 bits per heavy atom. The fourth-order valence-corrected chi connectivity index (χ4v) is 3.09. The SMILES string of the molecule is O=C(N[C@@H]1CN(Cc2c(F)cccc2F)C[C@H]1CO)c1cccnc1. The summed E-state index contributed by atoms with van der Waals surface area (Å²) in [7, 11) is 0. The van der Waals surface area contributed by atoms with Gasteiger partial charge in [0.05, 0.1) is 5.56 Å². The molecular weight excluding hydrogens is 328 g/mol. The van der Waals surface area contributed by atoms with Crippen LogP contribution in [0.25, 0.3) is 0 Å². The summed E-state index contributed by atoms with van der Waals surface area (Å²) in [5.74, 6) is -1.67. The number of nitrogens with zero attached hydrogens (tertiary/aromatic N) is 2. The molecule has 2 aromatic rings. The third-order valence-electron chi connectivity index (χ3n) is 4.43. The van der Waals surface area contributed by atoms with E-state index in [0.29, 0.717) is 18.7 Å². The average Bonchev–Trinajstić information content (AvgIpc) is 3.00. The lowest BCUT2D eigenvalue weighted by Gasteiger charge is -2.18. The van der Waals surface area contributed by atoms with Gasteiger partial charge < -0.3 is 10.4 Å². The highest BCUT2D eigenvalue weighted by molar-refractivity contribution is 5.94. The average molecular weight is 347 g/mol. The first kappa shape index (κ1) is 17.4. The number of likely N-dealkylation sites (tertiary alicyclic amines) is 1. The van der Waals surface area contributed by atoms with Gasteiger partial charge in [-0.25, -0.2) is 8.78 Å². The van der Waals surface area contributed by atoms with E-state index < -0.39 is 11.6 Å². The van der Waals surface area contributed by atoms with Gasteiger partial charge in [0.1, 0.15) is 11.6 Å². The zero-order valence-corrected chi connectivity index (χ0v) is 13.5. The smallest absolute Gasteiger partial charge is 0.253 e. The number of hydrogen-bond acceptors (Lipinski definition) is 4. The summed E-state index contributed by atoms with van der Waals surface area (Å²) >= 11 is 0. The molecule has 1 amide bonds. The van der Waals surface area contributed by atoms with E-state index in [4.69, 9.17) is 0 Å². The number of rotatable bonds is 5. The Bertz CT molecular complexity index is 722. The van der Waals surface area contributed by atoms with Gasteiger partial charge >= 0.3 is 0 Å². The second-order valence-corrected chi connectivity index (χ2v) is 6.16. The summed E-state index contributed by atoms with van der Waals surface area (Å²) in [5, 5.41) is 12.4. The van der Waals surface area contributed by atoms with Gasteiger partial charge in [-0.05, 0) is 24.3 Å². The van der Waals surface area contributed by atoms with E-state index in [-0.39, 0.29) is 36.6 Å². The number of carbonyl (C=O) groups is 1. The minimum Gasteiger partial charge on any atom is -0.396 e.